The van der Waals surface area contributed by atoms with Crippen LogP contribution in [0.25, 0.3) is 11.3 Å². The Morgan fingerprint density at radius 3 is 2.68 bits per heavy atom. The average molecular weight is 297 g/mol. The van der Waals surface area contributed by atoms with Gasteiger partial charge in [-0.25, -0.2) is 0 Å². The lowest BCUT2D eigenvalue weighted by atomic mass is 10.1. The highest BCUT2D eigenvalue weighted by Crippen LogP contribution is 2.21. The molecule has 0 saturated heterocycles. The van der Waals surface area contributed by atoms with Crippen molar-refractivity contribution >= 4 is 0 Å². The molecule has 0 atom stereocenters. The second kappa shape index (κ2) is 6.44. The van der Waals surface area contributed by atoms with Gasteiger partial charge in [-0.3, -0.25) is 9.78 Å². The highest BCUT2D eigenvalue weighted by Gasteiger charge is 2.04. The van der Waals surface area contributed by atoms with E-state index in [2.05, 4.69) is 20.6 Å². The van der Waals surface area contributed by atoms with E-state index in [1.807, 2.05) is 49.6 Å². The molecule has 0 bridgehead atoms. The maximum Gasteiger partial charge on any atom is 0.118 e. The molecule has 2 heterocycles. The third-order valence-corrected chi connectivity index (χ3v) is 3.41. The van der Waals surface area contributed by atoms with Gasteiger partial charge in [-0.15, -0.1) is 0 Å². The number of hydrogen-bond acceptors (Lipinski definition) is 4. The van der Waals surface area contributed by atoms with Crippen molar-refractivity contribution in [2.24, 2.45) is 7.05 Å². The van der Waals surface area contributed by atoms with Crippen LogP contribution in [0.15, 0.2) is 42.6 Å². The SMILES string of the molecule is COc1ccc(-c2cc(CNCc3ccn(C)n3)[nH]n2)cc1. The third-order valence-electron chi connectivity index (χ3n) is 3.41. The van der Waals surface area contributed by atoms with Gasteiger partial charge in [-0.05, 0) is 36.4 Å². The molecule has 1 aromatic carbocycles. The summed E-state index contributed by atoms with van der Waals surface area (Å²) < 4.78 is 6.96. The second-order valence-corrected chi connectivity index (χ2v) is 5.09. The van der Waals surface area contributed by atoms with Gasteiger partial charge in [0.1, 0.15) is 5.75 Å². The van der Waals surface area contributed by atoms with Gasteiger partial charge >= 0.3 is 0 Å². The molecule has 0 amide bonds. The molecule has 2 N–H and O–H groups in total. The molecule has 0 aliphatic heterocycles. The van der Waals surface area contributed by atoms with Gasteiger partial charge in [0.15, 0.2) is 0 Å². The third kappa shape index (κ3) is 3.35. The fourth-order valence-electron chi connectivity index (χ4n) is 2.24. The molecule has 6 heteroatoms. The Kier molecular flexibility index (Phi) is 4.20. The van der Waals surface area contributed by atoms with Crippen LogP contribution in [0, 0.1) is 0 Å². The number of aromatic amines is 1. The normalized spacial score (nSPS) is 10.8. The van der Waals surface area contributed by atoms with E-state index >= 15 is 0 Å². The van der Waals surface area contributed by atoms with Crippen molar-refractivity contribution in [3.63, 3.8) is 0 Å². The van der Waals surface area contributed by atoms with E-state index in [0.29, 0.717) is 0 Å². The molecule has 0 radical (unpaired) electrons. The summed E-state index contributed by atoms with van der Waals surface area (Å²) in [4.78, 5) is 0. The first kappa shape index (κ1) is 14.3. The van der Waals surface area contributed by atoms with Crippen molar-refractivity contribution in [1.82, 2.24) is 25.3 Å². The lowest BCUT2D eigenvalue weighted by molar-refractivity contribution is 0.415. The Balaban J connectivity index is 1.58. The van der Waals surface area contributed by atoms with Crippen LogP contribution in [0.3, 0.4) is 0 Å². The Hall–Kier alpha value is -2.60. The van der Waals surface area contributed by atoms with E-state index in [0.717, 1.165) is 41.5 Å². The van der Waals surface area contributed by atoms with Crippen LogP contribution in [-0.2, 0) is 20.1 Å². The zero-order valence-electron chi connectivity index (χ0n) is 12.7. The first-order valence-corrected chi connectivity index (χ1v) is 7.12. The van der Waals surface area contributed by atoms with Gasteiger partial charge in [0.05, 0.1) is 18.5 Å². The molecule has 0 saturated carbocycles. The van der Waals surface area contributed by atoms with Gasteiger partial charge in [-0.2, -0.15) is 10.2 Å². The van der Waals surface area contributed by atoms with Crippen LogP contribution in [0.1, 0.15) is 11.4 Å². The van der Waals surface area contributed by atoms with Crippen LogP contribution < -0.4 is 10.1 Å². The van der Waals surface area contributed by atoms with Gasteiger partial charge in [0.2, 0.25) is 0 Å². The molecule has 0 aliphatic rings. The molecule has 0 spiro atoms. The van der Waals surface area contributed by atoms with E-state index in [-0.39, 0.29) is 0 Å². The van der Waals surface area contributed by atoms with Gasteiger partial charge in [-0.1, -0.05) is 0 Å². The number of benzene rings is 1. The predicted molar refractivity (Wildman–Crippen MR) is 84.3 cm³/mol. The number of aryl methyl sites for hydroxylation is 1. The van der Waals surface area contributed by atoms with Crippen LogP contribution in [0.2, 0.25) is 0 Å². The monoisotopic (exact) mass is 297 g/mol. The molecule has 114 valence electrons. The van der Waals surface area contributed by atoms with Crippen molar-refractivity contribution in [3.8, 4) is 17.0 Å². The number of nitrogens with zero attached hydrogens (tertiary/aromatic N) is 3. The maximum atomic E-state index is 5.16. The molecule has 2 aromatic heterocycles. The minimum Gasteiger partial charge on any atom is -0.497 e. The van der Waals surface area contributed by atoms with E-state index in [1.165, 1.54) is 0 Å². The molecular formula is C16H19N5O. The standard InChI is InChI=1S/C16H19N5O/c1-21-8-7-13(20-21)10-17-11-14-9-16(19-18-14)12-3-5-15(22-2)6-4-12/h3-9,17H,10-11H2,1-2H3,(H,18,19). The molecule has 0 aliphatic carbocycles. The van der Waals surface area contributed by atoms with E-state index in [9.17, 15) is 0 Å². The van der Waals surface area contributed by atoms with E-state index < -0.39 is 0 Å². The molecule has 0 fully saturated rings. The quantitative estimate of drug-likeness (QED) is 0.731. The lowest BCUT2D eigenvalue weighted by Crippen LogP contribution is -2.13. The highest BCUT2D eigenvalue weighted by atomic mass is 16.5. The Morgan fingerprint density at radius 2 is 2.00 bits per heavy atom. The number of H-pyrrole nitrogens is 1. The predicted octanol–water partition coefficient (Wildman–Crippen LogP) is 2.11. The number of ether oxygens (including phenoxy) is 1. The van der Waals surface area contributed by atoms with Crippen molar-refractivity contribution < 1.29 is 4.74 Å². The molecule has 22 heavy (non-hydrogen) atoms. The molecule has 0 unspecified atom stereocenters. The second-order valence-electron chi connectivity index (χ2n) is 5.09. The number of methoxy groups -OCH3 is 1. The minimum atomic E-state index is 0.722. The molecular weight excluding hydrogens is 278 g/mol. The van der Waals surface area contributed by atoms with Crippen LogP contribution in [0.4, 0.5) is 0 Å². The topological polar surface area (TPSA) is 67.8 Å². The van der Waals surface area contributed by atoms with Gasteiger partial charge in [0, 0.05) is 37.6 Å². The zero-order valence-corrected chi connectivity index (χ0v) is 12.7. The number of aromatic nitrogens is 4. The Labute approximate surface area is 129 Å². The fraction of sp³-hybridized carbons (Fsp3) is 0.250. The summed E-state index contributed by atoms with van der Waals surface area (Å²) in [6, 6.07) is 11.9. The van der Waals surface area contributed by atoms with E-state index in [1.54, 1.807) is 11.8 Å². The Bertz CT molecular complexity index is 729. The lowest BCUT2D eigenvalue weighted by Gasteiger charge is -2.00. The van der Waals surface area contributed by atoms with Gasteiger partial charge in [0.25, 0.3) is 0 Å². The zero-order chi connectivity index (χ0) is 15.4. The first-order chi connectivity index (χ1) is 10.7. The minimum absolute atomic E-state index is 0.722. The fourth-order valence-corrected chi connectivity index (χ4v) is 2.24. The summed E-state index contributed by atoms with van der Waals surface area (Å²) in [5, 5.41) is 15.1. The highest BCUT2D eigenvalue weighted by molar-refractivity contribution is 5.60. The van der Waals surface area contributed by atoms with Crippen molar-refractivity contribution in [1.29, 1.82) is 0 Å². The molecule has 3 rings (SSSR count). The average Bonchev–Trinajstić information content (AvgIpc) is 3.17. The van der Waals surface area contributed by atoms with Crippen LogP contribution in [-0.4, -0.2) is 27.1 Å². The van der Waals surface area contributed by atoms with Gasteiger partial charge < -0.3 is 10.1 Å². The first-order valence-electron chi connectivity index (χ1n) is 7.12. The maximum absolute atomic E-state index is 5.16. The van der Waals surface area contributed by atoms with E-state index in [4.69, 9.17) is 4.74 Å². The number of rotatable bonds is 6. The summed E-state index contributed by atoms with van der Waals surface area (Å²) in [6.45, 7) is 1.46. The number of hydrogen-bond donors (Lipinski definition) is 2. The Morgan fingerprint density at radius 1 is 1.18 bits per heavy atom. The van der Waals surface area contributed by atoms with Crippen molar-refractivity contribution in [2.45, 2.75) is 13.1 Å². The smallest absolute Gasteiger partial charge is 0.118 e. The van der Waals surface area contributed by atoms with Crippen LogP contribution >= 0.6 is 0 Å². The summed E-state index contributed by atoms with van der Waals surface area (Å²) in [5.74, 6) is 0.844. The largest absolute Gasteiger partial charge is 0.497 e. The van der Waals surface area contributed by atoms with Crippen LogP contribution in [0.5, 0.6) is 5.75 Å². The van der Waals surface area contributed by atoms with Crippen molar-refractivity contribution in [2.75, 3.05) is 7.11 Å². The van der Waals surface area contributed by atoms with Crippen molar-refractivity contribution in [3.05, 3.63) is 54.0 Å². The summed E-state index contributed by atoms with van der Waals surface area (Å²) in [7, 11) is 3.58. The summed E-state index contributed by atoms with van der Waals surface area (Å²) in [6.07, 6.45) is 1.94. The molecule has 6 nitrogen and oxygen atoms in total. The molecule has 3 aromatic rings. The summed E-state index contributed by atoms with van der Waals surface area (Å²) in [5.41, 5.74) is 4.06. The summed E-state index contributed by atoms with van der Waals surface area (Å²) >= 11 is 0. The number of nitrogens with one attached hydrogen (secondary N) is 2.